The maximum Gasteiger partial charge on any atom is 0.0851 e. The van der Waals surface area contributed by atoms with Crippen LogP contribution in [0.25, 0.3) is 23.1 Å². The Balaban J connectivity index is 1.99. The molecule has 0 saturated carbocycles. The van der Waals surface area contributed by atoms with Crippen molar-refractivity contribution < 1.29 is 0 Å². The van der Waals surface area contributed by atoms with Crippen molar-refractivity contribution in [3.05, 3.63) is 52.4 Å². The molecule has 0 radical (unpaired) electrons. The van der Waals surface area contributed by atoms with Gasteiger partial charge in [-0.25, -0.2) is 0 Å². The van der Waals surface area contributed by atoms with Crippen LogP contribution in [0.15, 0.2) is 30.5 Å². The van der Waals surface area contributed by atoms with Crippen molar-refractivity contribution in [2.75, 3.05) is 0 Å². The van der Waals surface area contributed by atoms with Gasteiger partial charge in [-0.3, -0.25) is 5.10 Å². The van der Waals surface area contributed by atoms with Gasteiger partial charge in [-0.1, -0.05) is 17.7 Å². The molecule has 1 aromatic carbocycles. The lowest BCUT2D eigenvalue weighted by atomic mass is 10.1. The van der Waals surface area contributed by atoms with Crippen molar-refractivity contribution in [3.63, 3.8) is 0 Å². The van der Waals surface area contributed by atoms with E-state index in [2.05, 4.69) is 21.0 Å². The summed E-state index contributed by atoms with van der Waals surface area (Å²) in [4.78, 5) is 0. The summed E-state index contributed by atoms with van der Waals surface area (Å²) in [6.45, 7) is 0. The van der Waals surface area contributed by atoms with E-state index in [1.807, 2.05) is 43.5 Å². The molecule has 2 heterocycles. The quantitative estimate of drug-likeness (QED) is 0.712. The van der Waals surface area contributed by atoms with Crippen molar-refractivity contribution in [2.24, 2.45) is 7.05 Å². The minimum atomic E-state index is 0.435. The summed E-state index contributed by atoms with van der Waals surface area (Å²) in [7, 11) is 2.02. The van der Waals surface area contributed by atoms with Gasteiger partial charge < -0.3 is 4.57 Å². The van der Waals surface area contributed by atoms with Crippen LogP contribution in [0, 0.1) is 0 Å². The average Bonchev–Trinajstić information content (AvgIpc) is 3.01. The Labute approximate surface area is 126 Å². The fraction of sp³-hybridized carbons (Fsp3) is 0.133. The summed E-state index contributed by atoms with van der Waals surface area (Å²) in [6, 6.07) is 7.83. The molecule has 0 fully saturated rings. The van der Waals surface area contributed by atoms with Gasteiger partial charge in [0.1, 0.15) is 0 Å². The molecule has 3 nitrogen and oxygen atoms in total. The average molecular weight is 306 g/mol. The number of aromatic nitrogens is 3. The highest BCUT2D eigenvalue weighted by Gasteiger charge is 2.05. The first-order valence-electron chi connectivity index (χ1n) is 6.20. The van der Waals surface area contributed by atoms with E-state index in [0.717, 1.165) is 32.9 Å². The van der Waals surface area contributed by atoms with E-state index in [4.69, 9.17) is 23.2 Å². The van der Waals surface area contributed by atoms with E-state index < -0.39 is 0 Å². The van der Waals surface area contributed by atoms with E-state index in [1.165, 1.54) is 0 Å². The Morgan fingerprint density at radius 3 is 2.90 bits per heavy atom. The van der Waals surface area contributed by atoms with Crippen LogP contribution in [-0.2, 0) is 12.9 Å². The van der Waals surface area contributed by atoms with Crippen LogP contribution in [0.1, 0.15) is 17.0 Å². The fourth-order valence-electron chi connectivity index (χ4n) is 2.24. The monoisotopic (exact) mass is 305 g/mol. The zero-order valence-corrected chi connectivity index (χ0v) is 12.4. The lowest BCUT2D eigenvalue weighted by Gasteiger charge is -1.95. The van der Waals surface area contributed by atoms with Crippen LogP contribution in [0.2, 0.25) is 5.02 Å². The van der Waals surface area contributed by atoms with Crippen molar-refractivity contribution >= 4 is 46.3 Å². The lowest BCUT2D eigenvalue weighted by Crippen LogP contribution is -1.82. The number of nitrogens with zero attached hydrogens (tertiary/aromatic N) is 2. The molecule has 0 bridgehead atoms. The molecule has 20 heavy (non-hydrogen) atoms. The Bertz CT molecular complexity index is 784. The zero-order chi connectivity index (χ0) is 14.1. The second-order valence-electron chi connectivity index (χ2n) is 4.64. The second-order valence-corrected chi connectivity index (χ2v) is 5.35. The molecule has 2 aromatic heterocycles. The number of alkyl halides is 1. The predicted octanol–water partition coefficient (Wildman–Crippen LogP) is 4.46. The fourth-order valence-corrected chi connectivity index (χ4v) is 2.54. The second kappa shape index (κ2) is 5.35. The SMILES string of the molecule is Cn1cc(/C=C/c2cc(CCl)[nH]n2)c2cc(Cl)ccc21. The van der Waals surface area contributed by atoms with Crippen LogP contribution in [-0.4, -0.2) is 14.8 Å². The van der Waals surface area contributed by atoms with Gasteiger partial charge in [-0.2, -0.15) is 5.10 Å². The van der Waals surface area contributed by atoms with Gasteiger partial charge in [-0.05, 0) is 30.3 Å². The molecule has 0 aliphatic rings. The first-order valence-corrected chi connectivity index (χ1v) is 7.11. The van der Waals surface area contributed by atoms with Crippen LogP contribution in [0.4, 0.5) is 0 Å². The molecule has 0 aliphatic carbocycles. The molecule has 0 saturated heterocycles. The van der Waals surface area contributed by atoms with Gasteiger partial charge in [0.05, 0.1) is 17.3 Å². The standard InChI is InChI=1S/C15H13Cl2N3/c1-20-9-10(14-6-11(17)3-5-15(14)20)2-4-12-7-13(8-16)19-18-12/h2-7,9H,8H2,1H3,(H,18,19)/b4-2+. The molecular formula is C15H13Cl2N3. The number of hydrogen-bond donors (Lipinski definition) is 1. The maximum atomic E-state index is 6.07. The minimum Gasteiger partial charge on any atom is -0.350 e. The maximum absolute atomic E-state index is 6.07. The van der Waals surface area contributed by atoms with Gasteiger partial charge in [0.15, 0.2) is 0 Å². The van der Waals surface area contributed by atoms with E-state index in [-0.39, 0.29) is 0 Å². The van der Waals surface area contributed by atoms with Crippen molar-refractivity contribution in [1.82, 2.24) is 14.8 Å². The summed E-state index contributed by atoms with van der Waals surface area (Å²) >= 11 is 11.8. The first kappa shape index (κ1) is 13.3. The molecule has 3 rings (SSSR count). The normalized spacial score (nSPS) is 11.8. The van der Waals surface area contributed by atoms with Gasteiger partial charge >= 0.3 is 0 Å². The Hall–Kier alpha value is -1.71. The molecule has 1 N–H and O–H groups in total. The van der Waals surface area contributed by atoms with Gasteiger partial charge in [0, 0.05) is 34.7 Å². The van der Waals surface area contributed by atoms with E-state index >= 15 is 0 Å². The highest BCUT2D eigenvalue weighted by atomic mass is 35.5. The molecule has 102 valence electrons. The summed E-state index contributed by atoms with van der Waals surface area (Å²) in [5.41, 5.74) is 4.03. The summed E-state index contributed by atoms with van der Waals surface area (Å²) < 4.78 is 2.08. The third kappa shape index (κ3) is 2.47. The van der Waals surface area contributed by atoms with Crippen molar-refractivity contribution in [1.29, 1.82) is 0 Å². The summed E-state index contributed by atoms with van der Waals surface area (Å²) in [5.74, 6) is 0.435. The molecule has 3 aromatic rings. The third-order valence-electron chi connectivity index (χ3n) is 3.21. The smallest absolute Gasteiger partial charge is 0.0851 e. The molecule has 0 amide bonds. The molecule has 5 heteroatoms. The van der Waals surface area contributed by atoms with Gasteiger partial charge in [0.2, 0.25) is 0 Å². The lowest BCUT2D eigenvalue weighted by molar-refractivity contribution is 0.968. The Morgan fingerprint density at radius 2 is 2.15 bits per heavy atom. The zero-order valence-electron chi connectivity index (χ0n) is 10.9. The number of fused-ring (bicyclic) bond motifs is 1. The predicted molar refractivity (Wildman–Crippen MR) is 85.0 cm³/mol. The number of nitrogens with one attached hydrogen (secondary N) is 1. The molecular weight excluding hydrogens is 293 g/mol. The Kier molecular flexibility index (Phi) is 3.55. The largest absolute Gasteiger partial charge is 0.350 e. The molecule has 0 atom stereocenters. The van der Waals surface area contributed by atoms with E-state index in [9.17, 15) is 0 Å². The number of aromatic amines is 1. The number of H-pyrrole nitrogens is 1. The van der Waals surface area contributed by atoms with Crippen molar-refractivity contribution in [2.45, 2.75) is 5.88 Å². The van der Waals surface area contributed by atoms with E-state index in [1.54, 1.807) is 0 Å². The third-order valence-corrected chi connectivity index (χ3v) is 3.73. The summed E-state index contributed by atoms with van der Waals surface area (Å²) in [6.07, 6.45) is 6.07. The van der Waals surface area contributed by atoms with E-state index in [0.29, 0.717) is 5.88 Å². The van der Waals surface area contributed by atoms with Crippen LogP contribution in [0.5, 0.6) is 0 Å². The van der Waals surface area contributed by atoms with Crippen molar-refractivity contribution in [3.8, 4) is 0 Å². The number of benzene rings is 1. The number of aryl methyl sites for hydroxylation is 1. The molecule has 0 aliphatic heterocycles. The molecule has 0 unspecified atom stereocenters. The Morgan fingerprint density at radius 1 is 1.30 bits per heavy atom. The summed E-state index contributed by atoms with van der Waals surface area (Å²) in [5, 5.41) is 8.93. The van der Waals surface area contributed by atoms with Crippen LogP contribution in [0.3, 0.4) is 0 Å². The first-order chi connectivity index (χ1) is 9.67. The number of halogens is 2. The topological polar surface area (TPSA) is 33.6 Å². The van der Waals surface area contributed by atoms with Crippen LogP contribution < -0.4 is 0 Å². The minimum absolute atomic E-state index is 0.435. The highest BCUT2D eigenvalue weighted by Crippen LogP contribution is 2.25. The highest BCUT2D eigenvalue weighted by molar-refractivity contribution is 6.31. The number of hydrogen-bond acceptors (Lipinski definition) is 1. The van der Waals surface area contributed by atoms with Gasteiger partial charge in [0.25, 0.3) is 0 Å². The van der Waals surface area contributed by atoms with Gasteiger partial charge in [-0.15, -0.1) is 11.6 Å². The number of rotatable bonds is 3. The van der Waals surface area contributed by atoms with Crippen LogP contribution >= 0.6 is 23.2 Å². The molecule has 0 spiro atoms.